The summed E-state index contributed by atoms with van der Waals surface area (Å²) in [6, 6.07) is 4.01. The predicted molar refractivity (Wildman–Crippen MR) is 46.7 cm³/mol. The van der Waals surface area contributed by atoms with E-state index < -0.39 is 18.3 Å². The van der Waals surface area contributed by atoms with E-state index in [0.717, 1.165) is 6.07 Å². The Morgan fingerprint density at radius 3 is 2.36 bits per heavy atom. The second-order valence-corrected chi connectivity index (χ2v) is 3.00. The summed E-state index contributed by atoms with van der Waals surface area (Å²) >= 11 is 0. The van der Waals surface area contributed by atoms with Crippen molar-refractivity contribution >= 4 is 0 Å². The lowest BCUT2D eigenvalue weighted by Crippen LogP contribution is -2.09. The minimum Gasteiger partial charge on any atom is -0.392 e. The molecule has 0 saturated heterocycles. The van der Waals surface area contributed by atoms with Gasteiger partial charge >= 0.3 is 6.18 Å². The number of aliphatic hydroxyl groups is 1. The fourth-order valence-electron chi connectivity index (χ4n) is 1.25. The third kappa shape index (κ3) is 2.26. The lowest BCUT2D eigenvalue weighted by Gasteiger charge is -2.12. The molecule has 0 radical (unpaired) electrons. The average molecular weight is 204 g/mol. The van der Waals surface area contributed by atoms with Gasteiger partial charge in [0.05, 0.1) is 12.2 Å². The molecule has 0 heterocycles. The van der Waals surface area contributed by atoms with Crippen molar-refractivity contribution in [3.8, 4) is 0 Å². The Hall–Kier alpha value is -1.03. The van der Waals surface area contributed by atoms with E-state index in [9.17, 15) is 13.2 Å². The second-order valence-electron chi connectivity index (χ2n) is 3.00. The summed E-state index contributed by atoms with van der Waals surface area (Å²) in [5.74, 6) is 0. The zero-order chi connectivity index (χ0) is 10.8. The van der Waals surface area contributed by atoms with Crippen molar-refractivity contribution in [1.82, 2.24) is 0 Å². The molecule has 0 aliphatic heterocycles. The minimum atomic E-state index is -4.39. The highest BCUT2D eigenvalue weighted by molar-refractivity contribution is 5.33. The van der Waals surface area contributed by atoms with Crippen LogP contribution in [0.3, 0.4) is 0 Å². The smallest absolute Gasteiger partial charge is 0.392 e. The molecule has 1 nitrogen and oxygen atoms in total. The fourth-order valence-corrected chi connectivity index (χ4v) is 1.25. The summed E-state index contributed by atoms with van der Waals surface area (Å²) in [5, 5.41) is 8.75. The molecule has 0 aliphatic rings. The Kier molecular flexibility index (Phi) is 3.16. The van der Waals surface area contributed by atoms with Crippen molar-refractivity contribution in [1.29, 1.82) is 0 Å². The van der Waals surface area contributed by atoms with Gasteiger partial charge in [-0.15, -0.1) is 0 Å². The molecule has 1 N–H and O–H groups in total. The fraction of sp³-hybridized carbons (Fsp3) is 0.400. The molecule has 1 rings (SSSR count). The van der Waals surface area contributed by atoms with E-state index in [4.69, 9.17) is 5.11 Å². The lowest BCUT2D eigenvalue weighted by atomic mass is 10.0. The summed E-state index contributed by atoms with van der Waals surface area (Å²) in [5.41, 5.74) is -0.191. The van der Waals surface area contributed by atoms with E-state index >= 15 is 0 Å². The number of hydrogen-bond acceptors (Lipinski definition) is 1. The van der Waals surface area contributed by atoms with E-state index in [2.05, 4.69) is 0 Å². The highest BCUT2D eigenvalue weighted by Gasteiger charge is 2.33. The molecule has 0 aliphatic carbocycles. The summed E-state index contributed by atoms with van der Waals surface area (Å²) in [4.78, 5) is 0. The molecule has 14 heavy (non-hydrogen) atoms. The first-order valence-electron chi connectivity index (χ1n) is 4.29. The van der Waals surface area contributed by atoms with Gasteiger partial charge in [0, 0.05) is 0 Å². The summed E-state index contributed by atoms with van der Waals surface area (Å²) in [6.07, 6.45) is -3.84. The van der Waals surface area contributed by atoms with Gasteiger partial charge < -0.3 is 5.11 Å². The summed E-state index contributed by atoms with van der Waals surface area (Å²) in [7, 11) is 0. The van der Waals surface area contributed by atoms with Gasteiger partial charge in [0.25, 0.3) is 0 Å². The molecule has 0 unspecified atom stereocenters. The Bertz CT molecular complexity index is 318. The Labute approximate surface area is 80.2 Å². The van der Waals surface area contributed by atoms with Crippen LogP contribution in [0, 0.1) is 0 Å². The highest BCUT2D eigenvalue weighted by Crippen LogP contribution is 2.32. The van der Waals surface area contributed by atoms with Crippen LogP contribution in [0.25, 0.3) is 0 Å². The topological polar surface area (TPSA) is 20.2 Å². The van der Waals surface area contributed by atoms with E-state index in [1.807, 2.05) is 0 Å². The number of aryl methyl sites for hydroxylation is 1. The van der Waals surface area contributed by atoms with Gasteiger partial charge in [-0.05, 0) is 23.6 Å². The highest BCUT2D eigenvalue weighted by atomic mass is 19.4. The first-order chi connectivity index (χ1) is 6.49. The van der Waals surface area contributed by atoms with Crippen LogP contribution in [0.15, 0.2) is 18.2 Å². The van der Waals surface area contributed by atoms with Gasteiger partial charge in [-0.2, -0.15) is 13.2 Å². The number of hydrogen-bond donors (Lipinski definition) is 1. The monoisotopic (exact) mass is 204 g/mol. The Morgan fingerprint density at radius 2 is 1.93 bits per heavy atom. The van der Waals surface area contributed by atoms with Gasteiger partial charge in [-0.1, -0.05) is 19.1 Å². The molecule has 0 spiro atoms. The standard InChI is InChI=1S/C10H11F3O/c1-2-7-3-4-8(6-14)9(5-7)10(11,12)13/h3-5,14H,2,6H2,1H3. The number of alkyl halides is 3. The van der Waals surface area contributed by atoms with Crippen molar-refractivity contribution in [2.75, 3.05) is 0 Å². The second kappa shape index (κ2) is 4.00. The zero-order valence-corrected chi connectivity index (χ0v) is 7.73. The maximum absolute atomic E-state index is 12.4. The molecule has 0 amide bonds. The predicted octanol–water partition coefficient (Wildman–Crippen LogP) is 2.76. The normalized spacial score (nSPS) is 11.8. The molecular weight excluding hydrogens is 193 g/mol. The van der Waals surface area contributed by atoms with Crippen molar-refractivity contribution in [3.05, 3.63) is 34.9 Å². The van der Waals surface area contributed by atoms with Crippen LogP contribution in [0.4, 0.5) is 13.2 Å². The molecule has 78 valence electrons. The van der Waals surface area contributed by atoms with Gasteiger partial charge in [0.1, 0.15) is 0 Å². The molecule has 0 fully saturated rings. The van der Waals surface area contributed by atoms with E-state index in [1.165, 1.54) is 6.07 Å². The van der Waals surface area contributed by atoms with Crippen LogP contribution < -0.4 is 0 Å². The SMILES string of the molecule is CCc1ccc(CO)c(C(F)(F)F)c1. The zero-order valence-electron chi connectivity index (χ0n) is 7.73. The van der Waals surface area contributed by atoms with Crippen molar-refractivity contribution in [3.63, 3.8) is 0 Å². The van der Waals surface area contributed by atoms with Crippen LogP contribution in [-0.2, 0) is 19.2 Å². The average Bonchev–Trinajstić information content (AvgIpc) is 2.15. The maximum atomic E-state index is 12.4. The lowest BCUT2D eigenvalue weighted by molar-refractivity contribution is -0.138. The van der Waals surface area contributed by atoms with E-state index in [-0.39, 0.29) is 5.56 Å². The summed E-state index contributed by atoms with van der Waals surface area (Å²) in [6.45, 7) is 1.20. The molecule has 0 bridgehead atoms. The molecule has 1 aromatic rings. The van der Waals surface area contributed by atoms with Crippen molar-refractivity contribution < 1.29 is 18.3 Å². The molecule has 1 aromatic carbocycles. The number of benzene rings is 1. The first kappa shape index (κ1) is 11.0. The third-order valence-corrected chi connectivity index (χ3v) is 2.06. The molecular formula is C10H11F3O. The van der Waals surface area contributed by atoms with Crippen LogP contribution >= 0.6 is 0 Å². The van der Waals surface area contributed by atoms with Crippen molar-refractivity contribution in [2.24, 2.45) is 0 Å². The Morgan fingerprint density at radius 1 is 1.29 bits per heavy atom. The molecule has 0 saturated carbocycles. The molecule has 4 heteroatoms. The number of halogens is 3. The van der Waals surface area contributed by atoms with Gasteiger partial charge in [-0.3, -0.25) is 0 Å². The summed E-state index contributed by atoms with van der Waals surface area (Å²) < 4.78 is 37.3. The third-order valence-electron chi connectivity index (χ3n) is 2.06. The Balaban J connectivity index is 3.22. The largest absolute Gasteiger partial charge is 0.416 e. The van der Waals surface area contributed by atoms with E-state index in [0.29, 0.717) is 12.0 Å². The first-order valence-corrected chi connectivity index (χ1v) is 4.29. The molecule has 0 atom stereocenters. The quantitative estimate of drug-likeness (QED) is 0.785. The number of aliphatic hydroxyl groups excluding tert-OH is 1. The van der Waals surface area contributed by atoms with Crippen LogP contribution in [0.2, 0.25) is 0 Å². The van der Waals surface area contributed by atoms with Crippen LogP contribution in [-0.4, -0.2) is 5.11 Å². The minimum absolute atomic E-state index is 0.0744. The molecule has 0 aromatic heterocycles. The number of rotatable bonds is 2. The van der Waals surface area contributed by atoms with Gasteiger partial charge in [-0.25, -0.2) is 0 Å². The van der Waals surface area contributed by atoms with E-state index in [1.54, 1.807) is 13.0 Å². The van der Waals surface area contributed by atoms with Crippen LogP contribution in [0.1, 0.15) is 23.6 Å². The van der Waals surface area contributed by atoms with Crippen molar-refractivity contribution in [2.45, 2.75) is 26.1 Å². The van der Waals surface area contributed by atoms with Gasteiger partial charge in [0.2, 0.25) is 0 Å². The van der Waals surface area contributed by atoms with Gasteiger partial charge in [0.15, 0.2) is 0 Å². The maximum Gasteiger partial charge on any atom is 0.416 e. The van der Waals surface area contributed by atoms with Crippen LogP contribution in [0.5, 0.6) is 0 Å².